The number of nitrogens with one attached hydrogen (secondary N) is 1. The van der Waals surface area contributed by atoms with E-state index in [2.05, 4.69) is 5.32 Å². The molecule has 0 aromatic heterocycles. The fourth-order valence-electron chi connectivity index (χ4n) is 2.48. The monoisotopic (exact) mass is 327 g/mol. The molecule has 2 aromatic rings. The molecule has 5 heteroatoms. The van der Waals surface area contributed by atoms with Crippen molar-refractivity contribution in [1.29, 1.82) is 0 Å². The summed E-state index contributed by atoms with van der Waals surface area (Å²) in [6.07, 6.45) is -0.145. The number of para-hydroxylation sites is 3. The molecule has 1 aliphatic rings. The lowest BCUT2D eigenvalue weighted by atomic mass is 10.2. The predicted octanol–water partition coefficient (Wildman–Crippen LogP) is 2.80. The Bertz CT molecular complexity index is 674. The maximum Gasteiger partial charge on any atom is 0.261 e. The minimum absolute atomic E-state index is 0.149. The molecule has 1 N–H and O–H groups in total. The van der Waals surface area contributed by atoms with Gasteiger partial charge in [-0.05, 0) is 30.7 Å². The Morgan fingerprint density at radius 1 is 1.17 bits per heavy atom. The molecule has 5 nitrogen and oxygen atoms in total. The summed E-state index contributed by atoms with van der Waals surface area (Å²) in [5.41, 5.74) is 0. The lowest BCUT2D eigenvalue weighted by Crippen LogP contribution is -2.45. The molecule has 0 spiro atoms. The highest BCUT2D eigenvalue weighted by molar-refractivity contribution is 5.81. The SMILES string of the molecule is CC[C@H](Oc1ccccc1)C(=O)NC[C@H]1COc2ccccc2O1. The van der Waals surface area contributed by atoms with Crippen LogP contribution in [0.15, 0.2) is 54.6 Å². The number of rotatable bonds is 6. The van der Waals surface area contributed by atoms with Crippen LogP contribution in [0.2, 0.25) is 0 Å². The average Bonchev–Trinajstić information content (AvgIpc) is 2.65. The second kappa shape index (κ2) is 7.73. The molecule has 2 aromatic carbocycles. The number of carbonyl (C=O) groups is 1. The molecule has 0 unspecified atom stereocenters. The van der Waals surface area contributed by atoms with Crippen LogP contribution in [0.3, 0.4) is 0 Å². The van der Waals surface area contributed by atoms with Gasteiger partial charge in [0.1, 0.15) is 18.5 Å². The molecule has 0 radical (unpaired) electrons. The van der Waals surface area contributed by atoms with Gasteiger partial charge in [0.25, 0.3) is 5.91 Å². The van der Waals surface area contributed by atoms with Crippen molar-refractivity contribution in [3.8, 4) is 17.2 Å². The van der Waals surface area contributed by atoms with Gasteiger partial charge in [0.15, 0.2) is 17.6 Å². The van der Waals surface area contributed by atoms with Gasteiger partial charge in [0, 0.05) is 0 Å². The highest BCUT2D eigenvalue weighted by atomic mass is 16.6. The predicted molar refractivity (Wildman–Crippen MR) is 90.5 cm³/mol. The zero-order valence-electron chi connectivity index (χ0n) is 13.6. The van der Waals surface area contributed by atoms with Crippen molar-refractivity contribution >= 4 is 5.91 Å². The first-order valence-corrected chi connectivity index (χ1v) is 8.14. The number of carbonyl (C=O) groups excluding carboxylic acids is 1. The molecule has 0 fully saturated rings. The fraction of sp³-hybridized carbons (Fsp3) is 0.316. The van der Waals surface area contributed by atoms with Gasteiger partial charge in [-0.25, -0.2) is 0 Å². The molecule has 1 aliphatic heterocycles. The Morgan fingerprint density at radius 3 is 2.62 bits per heavy atom. The first-order valence-electron chi connectivity index (χ1n) is 8.14. The number of benzene rings is 2. The maximum absolute atomic E-state index is 12.3. The van der Waals surface area contributed by atoms with Gasteiger partial charge >= 0.3 is 0 Å². The lowest BCUT2D eigenvalue weighted by Gasteiger charge is -2.27. The summed E-state index contributed by atoms with van der Waals surface area (Å²) >= 11 is 0. The Morgan fingerprint density at radius 2 is 1.88 bits per heavy atom. The molecular formula is C19H21NO4. The molecule has 126 valence electrons. The van der Waals surface area contributed by atoms with E-state index in [4.69, 9.17) is 14.2 Å². The van der Waals surface area contributed by atoms with Gasteiger partial charge in [0.2, 0.25) is 0 Å². The Labute approximate surface area is 141 Å². The standard InChI is InChI=1S/C19H21NO4/c1-2-16(23-14-8-4-3-5-9-14)19(21)20-12-15-13-22-17-10-6-7-11-18(17)24-15/h3-11,15-16H,2,12-13H2,1H3,(H,20,21)/t15-,16-/m0/s1. The van der Waals surface area contributed by atoms with Crippen LogP contribution in [0.5, 0.6) is 17.2 Å². The first-order chi connectivity index (χ1) is 11.8. The van der Waals surface area contributed by atoms with E-state index in [1.54, 1.807) is 0 Å². The quantitative estimate of drug-likeness (QED) is 0.886. The van der Waals surface area contributed by atoms with E-state index in [1.165, 1.54) is 0 Å². The van der Waals surface area contributed by atoms with Crippen molar-refractivity contribution < 1.29 is 19.0 Å². The van der Waals surface area contributed by atoms with E-state index >= 15 is 0 Å². The molecule has 0 saturated heterocycles. The molecule has 0 aliphatic carbocycles. The number of ether oxygens (including phenoxy) is 3. The Hall–Kier alpha value is -2.69. The van der Waals surface area contributed by atoms with E-state index in [-0.39, 0.29) is 12.0 Å². The van der Waals surface area contributed by atoms with Crippen LogP contribution in [0.4, 0.5) is 0 Å². The lowest BCUT2D eigenvalue weighted by molar-refractivity contribution is -0.128. The highest BCUT2D eigenvalue weighted by Crippen LogP contribution is 2.30. The van der Waals surface area contributed by atoms with Crippen molar-refractivity contribution in [3.63, 3.8) is 0 Å². The molecule has 1 amide bonds. The van der Waals surface area contributed by atoms with Gasteiger partial charge in [0.05, 0.1) is 6.54 Å². The summed E-state index contributed by atoms with van der Waals surface area (Å²) in [6.45, 7) is 2.71. The third kappa shape index (κ3) is 3.98. The number of fused-ring (bicyclic) bond motifs is 1. The molecule has 3 rings (SSSR count). The van der Waals surface area contributed by atoms with Crippen molar-refractivity contribution in [2.75, 3.05) is 13.2 Å². The van der Waals surface area contributed by atoms with E-state index in [1.807, 2.05) is 61.5 Å². The third-order valence-electron chi connectivity index (χ3n) is 3.76. The van der Waals surface area contributed by atoms with Gasteiger partial charge < -0.3 is 19.5 Å². The van der Waals surface area contributed by atoms with Crippen molar-refractivity contribution in [2.24, 2.45) is 0 Å². The van der Waals surface area contributed by atoms with E-state index < -0.39 is 6.10 Å². The fourth-order valence-corrected chi connectivity index (χ4v) is 2.48. The van der Waals surface area contributed by atoms with Crippen LogP contribution in [0, 0.1) is 0 Å². The average molecular weight is 327 g/mol. The molecule has 2 atom stereocenters. The van der Waals surface area contributed by atoms with Crippen LogP contribution in [-0.4, -0.2) is 31.3 Å². The van der Waals surface area contributed by atoms with Crippen molar-refractivity contribution in [1.82, 2.24) is 5.32 Å². The Kier molecular flexibility index (Phi) is 5.21. The number of hydrogen-bond donors (Lipinski definition) is 1. The zero-order valence-corrected chi connectivity index (χ0v) is 13.6. The highest BCUT2D eigenvalue weighted by Gasteiger charge is 2.23. The van der Waals surface area contributed by atoms with E-state index in [0.717, 1.165) is 5.75 Å². The van der Waals surface area contributed by atoms with Gasteiger partial charge in [-0.2, -0.15) is 0 Å². The molecule has 0 bridgehead atoms. The smallest absolute Gasteiger partial charge is 0.261 e. The summed E-state index contributed by atoms with van der Waals surface area (Å²) < 4.78 is 17.2. The van der Waals surface area contributed by atoms with Gasteiger partial charge in [-0.1, -0.05) is 37.3 Å². The third-order valence-corrected chi connectivity index (χ3v) is 3.76. The molecular weight excluding hydrogens is 306 g/mol. The second-order valence-corrected chi connectivity index (χ2v) is 5.57. The summed E-state index contributed by atoms with van der Waals surface area (Å²) in [5, 5.41) is 2.89. The van der Waals surface area contributed by atoms with Crippen LogP contribution < -0.4 is 19.5 Å². The number of amides is 1. The second-order valence-electron chi connectivity index (χ2n) is 5.57. The van der Waals surface area contributed by atoms with Crippen molar-refractivity contribution in [3.05, 3.63) is 54.6 Å². The van der Waals surface area contributed by atoms with Gasteiger partial charge in [-0.15, -0.1) is 0 Å². The topological polar surface area (TPSA) is 56.8 Å². The normalized spacial score (nSPS) is 17.0. The number of hydrogen-bond acceptors (Lipinski definition) is 4. The first kappa shape index (κ1) is 16.2. The summed E-state index contributed by atoms with van der Waals surface area (Å²) in [7, 11) is 0. The van der Waals surface area contributed by atoms with E-state index in [0.29, 0.717) is 31.1 Å². The van der Waals surface area contributed by atoms with Crippen LogP contribution in [-0.2, 0) is 4.79 Å². The van der Waals surface area contributed by atoms with Crippen LogP contribution >= 0.6 is 0 Å². The minimum Gasteiger partial charge on any atom is -0.486 e. The van der Waals surface area contributed by atoms with Crippen LogP contribution in [0.25, 0.3) is 0 Å². The van der Waals surface area contributed by atoms with Gasteiger partial charge in [-0.3, -0.25) is 4.79 Å². The zero-order chi connectivity index (χ0) is 16.8. The Balaban J connectivity index is 1.51. The largest absolute Gasteiger partial charge is 0.486 e. The van der Waals surface area contributed by atoms with E-state index in [9.17, 15) is 4.79 Å². The van der Waals surface area contributed by atoms with Crippen LogP contribution in [0.1, 0.15) is 13.3 Å². The molecule has 1 heterocycles. The van der Waals surface area contributed by atoms with Crippen molar-refractivity contribution in [2.45, 2.75) is 25.6 Å². The molecule has 0 saturated carbocycles. The molecule has 24 heavy (non-hydrogen) atoms. The summed E-state index contributed by atoms with van der Waals surface area (Å²) in [6, 6.07) is 16.9. The minimum atomic E-state index is -0.524. The summed E-state index contributed by atoms with van der Waals surface area (Å²) in [4.78, 5) is 12.3. The maximum atomic E-state index is 12.3. The summed E-state index contributed by atoms with van der Waals surface area (Å²) in [5.74, 6) is 1.98.